The van der Waals surface area contributed by atoms with Crippen LogP contribution in [0.15, 0.2) is 77.8 Å². The summed E-state index contributed by atoms with van der Waals surface area (Å²) in [4.78, 5) is 7.29. The minimum Gasteiger partial charge on any atom is -0.372 e. The predicted octanol–water partition coefficient (Wildman–Crippen LogP) is 5.46. The Hall–Kier alpha value is -3.73. The van der Waals surface area contributed by atoms with Gasteiger partial charge >= 0.3 is 0 Å². The molecular formula is C29H27N3O3S. The van der Waals surface area contributed by atoms with Crippen molar-refractivity contribution in [3.05, 3.63) is 78.5 Å². The minimum absolute atomic E-state index is 0.153. The topological polar surface area (TPSA) is 83.3 Å². The van der Waals surface area contributed by atoms with E-state index in [-0.39, 0.29) is 17.1 Å². The number of anilines is 1. The van der Waals surface area contributed by atoms with Gasteiger partial charge < -0.3 is 9.64 Å². The van der Waals surface area contributed by atoms with Crippen molar-refractivity contribution in [1.82, 2.24) is 4.98 Å². The summed E-state index contributed by atoms with van der Waals surface area (Å²) in [5.41, 5.74) is 5.33. The first kappa shape index (κ1) is 24.0. The zero-order valence-corrected chi connectivity index (χ0v) is 21.3. The first-order chi connectivity index (χ1) is 17.2. The Balaban J connectivity index is 1.61. The second-order valence-corrected chi connectivity index (χ2v) is 11.3. The van der Waals surface area contributed by atoms with Crippen LogP contribution in [0, 0.1) is 11.3 Å². The van der Waals surface area contributed by atoms with Crippen LogP contribution >= 0.6 is 0 Å². The van der Waals surface area contributed by atoms with Crippen LogP contribution < -0.4 is 4.90 Å². The Bertz CT molecular complexity index is 1560. The molecule has 4 aromatic rings. The lowest BCUT2D eigenvalue weighted by Gasteiger charge is -2.36. The first-order valence-corrected chi connectivity index (χ1v) is 13.8. The number of nitrogens with zero attached hydrogens (tertiary/aromatic N) is 3. The molecule has 1 saturated heterocycles. The molecule has 2 atom stereocenters. The molecule has 7 heteroatoms. The van der Waals surface area contributed by atoms with Crippen LogP contribution in [0.4, 0.5) is 5.69 Å². The largest absolute Gasteiger partial charge is 0.372 e. The summed E-state index contributed by atoms with van der Waals surface area (Å²) in [6, 6.07) is 22.9. The Kier molecular flexibility index (Phi) is 6.25. The van der Waals surface area contributed by atoms with Crippen molar-refractivity contribution in [3.63, 3.8) is 0 Å². The summed E-state index contributed by atoms with van der Waals surface area (Å²) < 4.78 is 32.0. The highest BCUT2D eigenvalue weighted by atomic mass is 32.2. The molecule has 1 aliphatic rings. The Morgan fingerprint density at radius 3 is 2.14 bits per heavy atom. The molecule has 1 fully saturated rings. The summed E-state index contributed by atoms with van der Waals surface area (Å²) in [7, 11) is -3.57. The highest BCUT2D eigenvalue weighted by Gasteiger charge is 2.24. The third-order valence-corrected chi connectivity index (χ3v) is 7.69. The zero-order valence-electron chi connectivity index (χ0n) is 20.5. The van der Waals surface area contributed by atoms with Gasteiger partial charge in [-0.15, -0.1) is 0 Å². The molecule has 0 unspecified atom stereocenters. The molecule has 1 aromatic heterocycles. The van der Waals surface area contributed by atoms with Gasteiger partial charge in [-0.3, -0.25) is 4.98 Å². The number of sulfone groups is 1. The lowest BCUT2D eigenvalue weighted by atomic mass is 9.98. The van der Waals surface area contributed by atoms with Crippen LogP contribution in [-0.2, 0) is 14.6 Å². The van der Waals surface area contributed by atoms with E-state index in [0.717, 1.165) is 35.5 Å². The second kappa shape index (κ2) is 9.38. The summed E-state index contributed by atoms with van der Waals surface area (Å²) in [5.74, 6) is 0. The molecule has 36 heavy (non-hydrogen) atoms. The molecule has 6 nitrogen and oxygen atoms in total. The van der Waals surface area contributed by atoms with Crippen LogP contribution in [0.1, 0.15) is 19.4 Å². The van der Waals surface area contributed by atoms with Gasteiger partial charge in [0.1, 0.15) is 0 Å². The molecule has 2 heterocycles. The van der Waals surface area contributed by atoms with Gasteiger partial charge in [-0.1, -0.05) is 42.5 Å². The summed E-state index contributed by atoms with van der Waals surface area (Å²) in [5, 5.41) is 9.69. The number of benzene rings is 3. The monoisotopic (exact) mass is 497 g/mol. The Morgan fingerprint density at radius 2 is 1.53 bits per heavy atom. The molecule has 3 aromatic carbocycles. The molecule has 0 amide bonds. The van der Waals surface area contributed by atoms with E-state index in [9.17, 15) is 8.42 Å². The summed E-state index contributed by atoms with van der Waals surface area (Å²) >= 11 is 0. The quantitative estimate of drug-likeness (QED) is 0.372. The van der Waals surface area contributed by atoms with Gasteiger partial charge in [0.15, 0.2) is 9.84 Å². The van der Waals surface area contributed by atoms with Crippen molar-refractivity contribution < 1.29 is 13.2 Å². The molecule has 0 bridgehead atoms. The minimum atomic E-state index is -3.57. The maximum Gasteiger partial charge on any atom is 0.176 e. The second-order valence-electron chi connectivity index (χ2n) is 9.37. The molecule has 0 spiro atoms. The molecule has 0 radical (unpaired) electrons. The number of nitriles is 1. The van der Waals surface area contributed by atoms with Crippen molar-refractivity contribution in [2.75, 3.05) is 24.2 Å². The van der Waals surface area contributed by atoms with Crippen molar-refractivity contribution in [2.45, 2.75) is 31.0 Å². The van der Waals surface area contributed by atoms with Gasteiger partial charge in [0.2, 0.25) is 0 Å². The number of hydrogen-bond donors (Lipinski definition) is 0. The summed E-state index contributed by atoms with van der Waals surface area (Å²) in [6.45, 7) is 5.77. The number of para-hydroxylation sites is 1. The highest BCUT2D eigenvalue weighted by molar-refractivity contribution is 7.91. The maximum atomic E-state index is 13.1. The van der Waals surface area contributed by atoms with Crippen molar-refractivity contribution in [2.24, 2.45) is 0 Å². The van der Waals surface area contributed by atoms with Crippen molar-refractivity contribution >= 4 is 26.4 Å². The molecule has 1 aliphatic heterocycles. The fraction of sp³-hybridized carbons (Fsp3) is 0.241. The van der Waals surface area contributed by atoms with E-state index < -0.39 is 9.84 Å². The van der Waals surface area contributed by atoms with E-state index in [2.05, 4.69) is 24.8 Å². The number of morpholine rings is 1. The van der Waals surface area contributed by atoms with Crippen LogP contribution in [0.2, 0.25) is 0 Å². The van der Waals surface area contributed by atoms with Gasteiger partial charge in [-0.25, -0.2) is 8.42 Å². The Morgan fingerprint density at radius 1 is 0.917 bits per heavy atom. The van der Waals surface area contributed by atoms with Crippen LogP contribution in [0.25, 0.3) is 33.2 Å². The average Bonchev–Trinajstić information content (AvgIpc) is 2.86. The Labute approximate surface area is 211 Å². The average molecular weight is 498 g/mol. The van der Waals surface area contributed by atoms with Crippen molar-refractivity contribution in [1.29, 1.82) is 5.26 Å². The van der Waals surface area contributed by atoms with E-state index in [4.69, 9.17) is 15.0 Å². The van der Waals surface area contributed by atoms with E-state index in [1.807, 2.05) is 48.5 Å². The fourth-order valence-corrected chi connectivity index (χ4v) is 6.14. The molecule has 0 saturated carbocycles. The van der Waals surface area contributed by atoms with Crippen LogP contribution in [0.5, 0.6) is 0 Å². The molecule has 182 valence electrons. The molecule has 5 rings (SSSR count). The number of aromatic nitrogens is 1. The van der Waals surface area contributed by atoms with E-state index >= 15 is 0 Å². The third-order valence-electron chi connectivity index (χ3n) is 6.51. The van der Waals surface area contributed by atoms with Gasteiger partial charge in [-0.05, 0) is 49.2 Å². The SMILES string of the molecule is C[C@@H]1CN(c2ccc(-c3cnc4c(-c5ccc(C#N)cc5)cccc4c3S(C)(=O)=O)cc2)C[C@H](C)O1. The van der Waals surface area contributed by atoms with E-state index in [1.165, 1.54) is 6.26 Å². The molecule has 0 N–H and O–H groups in total. The standard InChI is InChI=1S/C29H27N3O3S/c1-19-17-32(18-20(2)35-19)24-13-11-23(12-14-24)27-16-31-28-25(22-9-7-21(15-30)8-10-22)5-4-6-26(28)29(27)36(3,33)34/h4-14,16,19-20H,17-18H2,1-3H3/t19-,20+. The zero-order chi connectivity index (χ0) is 25.4. The van der Waals surface area contributed by atoms with Crippen LogP contribution in [0.3, 0.4) is 0 Å². The number of rotatable bonds is 4. The lowest BCUT2D eigenvalue weighted by molar-refractivity contribution is -0.00521. The third kappa shape index (κ3) is 4.58. The number of fused-ring (bicyclic) bond motifs is 1. The van der Waals surface area contributed by atoms with E-state index in [0.29, 0.717) is 22.0 Å². The lowest BCUT2D eigenvalue weighted by Crippen LogP contribution is -2.45. The predicted molar refractivity (Wildman–Crippen MR) is 143 cm³/mol. The molecule has 0 aliphatic carbocycles. The maximum absolute atomic E-state index is 13.1. The van der Waals surface area contributed by atoms with E-state index in [1.54, 1.807) is 24.4 Å². The first-order valence-electron chi connectivity index (χ1n) is 11.9. The smallest absolute Gasteiger partial charge is 0.176 e. The number of pyridine rings is 1. The fourth-order valence-electron chi connectivity index (χ4n) is 5.00. The number of ether oxygens (including phenoxy) is 1. The van der Waals surface area contributed by atoms with Crippen LogP contribution in [-0.4, -0.2) is 45.0 Å². The van der Waals surface area contributed by atoms with Gasteiger partial charge in [0.25, 0.3) is 0 Å². The van der Waals surface area contributed by atoms with Gasteiger partial charge in [0, 0.05) is 47.7 Å². The van der Waals surface area contributed by atoms with Crippen molar-refractivity contribution in [3.8, 4) is 28.3 Å². The highest BCUT2D eigenvalue weighted by Crippen LogP contribution is 2.37. The van der Waals surface area contributed by atoms with Gasteiger partial charge in [-0.2, -0.15) is 5.26 Å². The number of hydrogen-bond acceptors (Lipinski definition) is 6. The summed E-state index contributed by atoms with van der Waals surface area (Å²) in [6.07, 6.45) is 3.20. The normalized spacial score (nSPS) is 18.2. The molecular weight excluding hydrogens is 470 g/mol. The van der Waals surface area contributed by atoms with Gasteiger partial charge in [0.05, 0.1) is 34.3 Å².